The highest BCUT2D eigenvalue weighted by Gasteiger charge is 2.20. The summed E-state index contributed by atoms with van der Waals surface area (Å²) in [6.45, 7) is 2.73. The SMILES string of the molecule is CCOC(=O)c1cc(=O)nc2n1CCS2. The van der Waals surface area contributed by atoms with Crippen molar-refractivity contribution in [2.24, 2.45) is 0 Å². The third-order valence-corrected chi connectivity index (χ3v) is 2.97. The molecule has 2 rings (SSSR count). The number of fused-ring (bicyclic) bond motifs is 1. The van der Waals surface area contributed by atoms with Crippen LogP contribution >= 0.6 is 11.8 Å². The van der Waals surface area contributed by atoms with Gasteiger partial charge in [-0.25, -0.2) is 4.79 Å². The zero-order valence-corrected chi connectivity index (χ0v) is 9.04. The summed E-state index contributed by atoms with van der Waals surface area (Å²) >= 11 is 1.48. The van der Waals surface area contributed by atoms with Gasteiger partial charge in [0.1, 0.15) is 5.69 Å². The highest BCUT2D eigenvalue weighted by atomic mass is 32.2. The zero-order chi connectivity index (χ0) is 10.8. The van der Waals surface area contributed by atoms with Gasteiger partial charge >= 0.3 is 5.97 Å². The van der Waals surface area contributed by atoms with Crippen LogP contribution in [0.5, 0.6) is 0 Å². The fourth-order valence-electron chi connectivity index (χ4n) is 1.41. The molecule has 0 atom stereocenters. The van der Waals surface area contributed by atoms with Gasteiger partial charge in [0.25, 0.3) is 5.56 Å². The van der Waals surface area contributed by atoms with Crippen LogP contribution in [0.25, 0.3) is 0 Å². The Kier molecular flexibility index (Phi) is 2.77. The fourth-order valence-corrected chi connectivity index (χ4v) is 2.37. The van der Waals surface area contributed by atoms with Gasteiger partial charge in [-0.3, -0.25) is 4.79 Å². The maximum Gasteiger partial charge on any atom is 0.355 e. The Morgan fingerprint density at radius 2 is 2.53 bits per heavy atom. The molecule has 0 aliphatic carbocycles. The molecule has 1 aromatic heterocycles. The van der Waals surface area contributed by atoms with E-state index in [9.17, 15) is 9.59 Å². The van der Waals surface area contributed by atoms with Crippen molar-refractivity contribution in [2.75, 3.05) is 12.4 Å². The Hall–Kier alpha value is -1.30. The van der Waals surface area contributed by atoms with Gasteiger partial charge in [0, 0.05) is 18.4 Å². The Bertz CT molecular complexity index is 455. The third kappa shape index (κ3) is 1.90. The molecule has 0 radical (unpaired) electrons. The number of ether oxygens (including phenoxy) is 1. The van der Waals surface area contributed by atoms with Crippen molar-refractivity contribution in [1.29, 1.82) is 0 Å². The molecule has 0 spiro atoms. The van der Waals surface area contributed by atoms with Gasteiger partial charge in [0.15, 0.2) is 5.16 Å². The molecule has 0 amide bonds. The number of hydrogen-bond donors (Lipinski definition) is 0. The average Bonchev–Trinajstić information content (AvgIpc) is 2.64. The first kappa shape index (κ1) is 10.2. The number of hydrogen-bond acceptors (Lipinski definition) is 5. The smallest absolute Gasteiger partial charge is 0.355 e. The van der Waals surface area contributed by atoms with E-state index in [1.807, 2.05) is 0 Å². The molecular formula is C9H10N2O3S. The Morgan fingerprint density at radius 3 is 3.27 bits per heavy atom. The monoisotopic (exact) mass is 226 g/mol. The number of carbonyl (C=O) groups excluding carboxylic acids is 1. The minimum Gasteiger partial charge on any atom is -0.461 e. The van der Waals surface area contributed by atoms with E-state index in [1.54, 1.807) is 11.5 Å². The quantitative estimate of drug-likeness (QED) is 0.543. The summed E-state index contributed by atoms with van der Waals surface area (Å²) in [7, 11) is 0. The van der Waals surface area contributed by atoms with Crippen molar-refractivity contribution < 1.29 is 9.53 Å². The first-order valence-electron chi connectivity index (χ1n) is 4.64. The second-order valence-corrected chi connectivity index (χ2v) is 4.04. The third-order valence-electron chi connectivity index (χ3n) is 2.02. The van der Waals surface area contributed by atoms with Crippen LogP contribution in [0, 0.1) is 0 Å². The van der Waals surface area contributed by atoms with Gasteiger partial charge in [0.2, 0.25) is 0 Å². The normalized spacial score (nSPS) is 13.7. The molecule has 0 aromatic carbocycles. The number of rotatable bonds is 2. The molecule has 1 aliphatic rings. The van der Waals surface area contributed by atoms with Crippen molar-refractivity contribution in [3.8, 4) is 0 Å². The molecule has 6 heteroatoms. The lowest BCUT2D eigenvalue weighted by Crippen LogP contribution is -2.20. The van der Waals surface area contributed by atoms with Crippen molar-refractivity contribution in [1.82, 2.24) is 9.55 Å². The first-order chi connectivity index (χ1) is 7.22. The minimum atomic E-state index is -0.458. The molecule has 0 saturated heterocycles. The summed E-state index contributed by atoms with van der Waals surface area (Å²) in [5.41, 5.74) is -0.0875. The summed E-state index contributed by atoms with van der Waals surface area (Å²) in [4.78, 5) is 26.6. The van der Waals surface area contributed by atoms with Gasteiger partial charge < -0.3 is 9.30 Å². The van der Waals surface area contributed by atoms with Crippen LogP contribution in [-0.4, -0.2) is 27.9 Å². The Balaban J connectivity index is 2.47. The number of nitrogens with zero attached hydrogens (tertiary/aromatic N) is 2. The van der Waals surface area contributed by atoms with Crippen LogP contribution in [0.2, 0.25) is 0 Å². The van der Waals surface area contributed by atoms with E-state index < -0.39 is 11.5 Å². The second kappa shape index (κ2) is 4.06. The topological polar surface area (TPSA) is 61.2 Å². The van der Waals surface area contributed by atoms with E-state index in [4.69, 9.17) is 4.74 Å². The summed E-state index contributed by atoms with van der Waals surface area (Å²) < 4.78 is 6.60. The maximum absolute atomic E-state index is 11.5. The molecule has 0 bridgehead atoms. The fraction of sp³-hybridized carbons (Fsp3) is 0.444. The number of carbonyl (C=O) groups is 1. The maximum atomic E-state index is 11.5. The van der Waals surface area contributed by atoms with E-state index in [0.29, 0.717) is 24.0 Å². The largest absolute Gasteiger partial charge is 0.461 e. The first-order valence-corrected chi connectivity index (χ1v) is 5.62. The van der Waals surface area contributed by atoms with Crippen LogP contribution in [0.15, 0.2) is 16.0 Å². The summed E-state index contributed by atoms with van der Waals surface area (Å²) in [5.74, 6) is 0.379. The summed E-state index contributed by atoms with van der Waals surface area (Å²) in [6.07, 6.45) is 0. The predicted molar refractivity (Wildman–Crippen MR) is 55.2 cm³/mol. The Labute approximate surface area is 90.5 Å². The molecule has 15 heavy (non-hydrogen) atoms. The molecule has 0 saturated carbocycles. The van der Waals surface area contributed by atoms with Crippen LogP contribution in [-0.2, 0) is 11.3 Å². The molecule has 1 aromatic rings. The number of esters is 1. The van der Waals surface area contributed by atoms with E-state index in [2.05, 4.69) is 4.98 Å². The lowest BCUT2D eigenvalue weighted by atomic mass is 10.4. The van der Waals surface area contributed by atoms with Crippen molar-refractivity contribution >= 4 is 17.7 Å². The van der Waals surface area contributed by atoms with Crippen molar-refractivity contribution in [2.45, 2.75) is 18.6 Å². The Morgan fingerprint density at radius 1 is 1.73 bits per heavy atom. The predicted octanol–water partition coefficient (Wildman–Crippen LogP) is 0.526. The zero-order valence-electron chi connectivity index (χ0n) is 8.23. The molecule has 0 N–H and O–H groups in total. The highest BCUT2D eigenvalue weighted by Crippen LogP contribution is 2.23. The van der Waals surface area contributed by atoms with Gasteiger partial charge in [0.05, 0.1) is 6.61 Å². The molecule has 1 aliphatic heterocycles. The van der Waals surface area contributed by atoms with Gasteiger partial charge in [-0.2, -0.15) is 4.98 Å². The van der Waals surface area contributed by atoms with Crippen LogP contribution in [0.3, 0.4) is 0 Å². The van der Waals surface area contributed by atoms with Crippen LogP contribution < -0.4 is 5.56 Å². The van der Waals surface area contributed by atoms with Crippen molar-refractivity contribution in [3.05, 3.63) is 22.1 Å². The lowest BCUT2D eigenvalue weighted by Gasteiger charge is -2.08. The molecular weight excluding hydrogens is 216 g/mol. The van der Waals surface area contributed by atoms with E-state index in [-0.39, 0.29) is 0 Å². The van der Waals surface area contributed by atoms with Gasteiger partial charge in [-0.05, 0) is 6.92 Å². The summed E-state index contributed by atoms with van der Waals surface area (Å²) in [5, 5.41) is 0.602. The molecule has 80 valence electrons. The molecule has 0 fully saturated rings. The van der Waals surface area contributed by atoms with E-state index in [0.717, 1.165) is 5.75 Å². The van der Waals surface area contributed by atoms with E-state index >= 15 is 0 Å². The van der Waals surface area contributed by atoms with Gasteiger partial charge in [-0.1, -0.05) is 11.8 Å². The highest BCUT2D eigenvalue weighted by molar-refractivity contribution is 7.99. The van der Waals surface area contributed by atoms with Crippen LogP contribution in [0.4, 0.5) is 0 Å². The second-order valence-electron chi connectivity index (χ2n) is 2.98. The van der Waals surface area contributed by atoms with Crippen molar-refractivity contribution in [3.63, 3.8) is 0 Å². The average molecular weight is 226 g/mol. The summed E-state index contributed by atoms with van der Waals surface area (Å²) in [6, 6.07) is 1.23. The van der Waals surface area contributed by atoms with Crippen LogP contribution in [0.1, 0.15) is 17.4 Å². The van der Waals surface area contributed by atoms with Gasteiger partial charge in [-0.15, -0.1) is 0 Å². The molecule has 2 heterocycles. The number of thioether (sulfide) groups is 1. The lowest BCUT2D eigenvalue weighted by molar-refractivity contribution is 0.0510. The minimum absolute atomic E-state index is 0.303. The molecule has 0 unspecified atom stereocenters. The molecule has 5 nitrogen and oxygen atoms in total. The standard InChI is InChI=1S/C9H10N2O3S/c1-2-14-8(13)6-5-7(12)10-9-11(6)3-4-15-9/h5H,2-4H2,1H3. The van der Waals surface area contributed by atoms with E-state index in [1.165, 1.54) is 17.8 Å². The number of aromatic nitrogens is 2.